The summed E-state index contributed by atoms with van der Waals surface area (Å²) in [5, 5.41) is 0. The third-order valence-electron chi connectivity index (χ3n) is 1.45. The van der Waals surface area contributed by atoms with E-state index < -0.39 is 0 Å². The first kappa shape index (κ1) is 11.6. The van der Waals surface area contributed by atoms with Gasteiger partial charge in [0.15, 0.2) is 0 Å². The fourth-order valence-corrected chi connectivity index (χ4v) is 0.831. The third kappa shape index (κ3) is 9.59. The van der Waals surface area contributed by atoms with Crippen LogP contribution in [-0.2, 0) is 14.3 Å². The summed E-state index contributed by atoms with van der Waals surface area (Å²) in [6, 6.07) is 0. The number of carbonyl (C=O) groups excluding carboxylic acids is 1. The van der Waals surface area contributed by atoms with Gasteiger partial charge in [-0.2, -0.15) is 0 Å². The maximum Gasteiger partial charge on any atom is 0.129 e. The maximum absolute atomic E-state index is 10.5. The first-order valence-electron chi connectivity index (χ1n) is 4.33. The number of Topliss-reactive ketones (excluding diaryl/α,β-unsaturated/α-hetero) is 1. The summed E-state index contributed by atoms with van der Waals surface area (Å²) >= 11 is 0. The normalized spacial score (nSPS) is 10.2. The second-order valence-electron chi connectivity index (χ2n) is 2.76. The van der Waals surface area contributed by atoms with Crippen molar-refractivity contribution < 1.29 is 14.3 Å². The smallest absolute Gasteiger partial charge is 0.129 e. The van der Waals surface area contributed by atoms with Gasteiger partial charge < -0.3 is 14.3 Å². The van der Waals surface area contributed by atoms with Gasteiger partial charge in [0.2, 0.25) is 0 Å². The lowest BCUT2D eigenvalue weighted by Gasteiger charge is -2.01. The number of ether oxygens (including phenoxy) is 2. The van der Waals surface area contributed by atoms with E-state index in [0.29, 0.717) is 13.0 Å². The van der Waals surface area contributed by atoms with Gasteiger partial charge in [-0.15, -0.1) is 0 Å². The molecular weight excluding hydrogens is 156 g/mol. The average molecular weight is 174 g/mol. The van der Waals surface area contributed by atoms with E-state index in [2.05, 4.69) is 0 Å². The minimum atomic E-state index is 0.232. The van der Waals surface area contributed by atoms with Crippen molar-refractivity contribution in [2.45, 2.75) is 26.2 Å². The van der Waals surface area contributed by atoms with E-state index in [1.807, 2.05) is 0 Å². The Balaban J connectivity index is 2.86. The van der Waals surface area contributed by atoms with Crippen LogP contribution in [0.5, 0.6) is 0 Å². The Kier molecular flexibility index (Phi) is 8.39. The molecule has 0 heterocycles. The summed E-state index contributed by atoms with van der Waals surface area (Å²) in [5.74, 6) is 0.232. The zero-order valence-corrected chi connectivity index (χ0v) is 7.97. The SMILES string of the molecule is COCCCOCCCC(C)=O. The summed E-state index contributed by atoms with van der Waals surface area (Å²) < 4.78 is 10.1. The molecule has 0 radical (unpaired) electrons. The van der Waals surface area contributed by atoms with E-state index in [1.54, 1.807) is 14.0 Å². The van der Waals surface area contributed by atoms with Crippen molar-refractivity contribution in [1.82, 2.24) is 0 Å². The molecule has 0 fully saturated rings. The van der Waals surface area contributed by atoms with Gasteiger partial charge >= 0.3 is 0 Å². The van der Waals surface area contributed by atoms with Crippen LogP contribution in [0.4, 0.5) is 0 Å². The van der Waals surface area contributed by atoms with Crippen molar-refractivity contribution in [2.75, 3.05) is 26.9 Å². The molecule has 0 bridgehead atoms. The summed E-state index contributed by atoms with van der Waals surface area (Å²) in [7, 11) is 1.68. The van der Waals surface area contributed by atoms with Gasteiger partial charge in [-0.3, -0.25) is 0 Å². The average Bonchev–Trinajstić information content (AvgIpc) is 2.02. The lowest BCUT2D eigenvalue weighted by molar-refractivity contribution is -0.117. The van der Waals surface area contributed by atoms with Gasteiger partial charge in [0, 0.05) is 33.4 Å². The molecule has 0 rings (SSSR count). The minimum Gasteiger partial charge on any atom is -0.385 e. The van der Waals surface area contributed by atoms with Crippen molar-refractivity contribution in [1.29, 1.82) is 0 Å². The number of hydrogen-bond acceptors (Lipinski definition) is 3. The van der Waals surface area contributed by atoms with Gasteiger partial charge in [-0.05, 0) is 19.8 Å². The van der Waals surface area contributed by atoms with E-state index in [4.69, 9.17) is 9.47 Å². The van der Waals surface area contributed by atoms with Crippen LogP contribution >= 0.6 is 0 Å². The maximum atomic E-state index is 10.5. The molecular formula is C9H18O3. The van der Waals surface area contributed by atoms with Crippen LogP contribution in [-0.4, -0.2) is 32.7 Å². The highest BCUT2D eigenvalue weighted by molar-refractivity contribution is 5.75. The Bertz CT molecular complexity index is 112. The largest absolute Gasteiger partial charge is 0.385 e. The molecule has 0 aliphatic rings. The Morgan fingerprint density at radius 1 is 1.17 bits per heavy atom. The number of hydrogen-bond donors (Lipinski definition) is 0. The van der Waals surface area contributed by atoms with E-state index in [0.717, 1.165) is 26.1 Å². The van der Waals surface area contributed by atoms with E-state index in [9.17, 15) is 4.79 Å². The Morgan fingerprint density at radius 3 is 2.42 bits per heavy atom. The Morgan fingerprint density at radius 2 is 1.83 bits per heavy atom. The van der Waals surface area contributed by atoms with Gasteiger partial charge in [0.25, 0.3) is 0 Å². The molecule has 0 saturated heterocycles. The van der Waals surface area contributed by atoms with Crippen LogP contribution in [0, 0.1) is 0 Å². The molecule has 0 unspecified atom stereocenters. The topological polar surface area (TPSA) is 35.5 Å². The van der Waals surface area contributed by atoms with Crippen LogP contribution in [0.25, 0.3) is 0 Å². The zero-order chi connectivity index (χ0) is 9.23. The minimum absolute atomic E-state index is 0.232. The number of ketones is 1. The predicted molar refractivity (Wildman–Crippen MR) is 47.2 cm³/mol. The highest BCUT2D eigenvalue weighted by atomic mass is 16.5. The second kappa shape index (κ2) is 8.68. The van der Waals surface area contributed by atoms with Crippen LogP contribution < -0.4 is 0 Å². The lowest BCUT2D eigenvalue weighted by Crippen LogP contribution is -2.01. The fraction of sp³-hybridized carbons (Fsp3) is 0.889. The highest BCUT2D eigenvalue weighted by Gasteiger charge is 1.93. The molecule has 0 aliphatic heterocycles. The summed E-state index contributed by atoms with van der Waals surface area (Å²) in [6.45, 7) is 3.76. The van der Waals surface area contributed by atoms with Crippen LogP contribution in [0.15, 0.2) is 0 Å². The first-order chi connectivity index (χ1) is 5.77. The van der Waals surface area contributed by atoms with Crippen molar-refractivity contribution >= 4 is 5.78 Å². The first-order valence-corrected chi connectivity index (χ1v) is 4.33. The molecule has 72 valence electrons. The summed E-state index contributed by atoms with van der Waals surface area (Å²) in [4.78, 5) is 10.5. The lowest BCUT2D eigenvalue weighted by atomic mass is 10.2. The Labute approximate surface area is 74.0 Å². The van der Waals surface area contributed by atoms with Gasteiger partial charge in [-0.25, -0.2) is 0 Å². The molecule has 3 nitrogen and oxygen atoms in total. The molecule has 0 aromatic heterocycles. The van der Waals surface area contributed by atoms with Crippen molar-refractivity contribution in [3.8, 4) is 0 Å². The number of methoxy groups -OCH3 is 1. The second-order valence-corrected chi connectivity index (χ2v) is 2.76. The molecule has 0 aromatic rings. The van der Waals surface area contributed by atoms with Crippen LogP contribution in [0.3, 0.4) is 0 Å². The highest BCUT2D eigenvalue weighted by Crippen LogP contribution is 1.92. The monoisotopic (exact) mass is 174 g/mol. The molecule has 0 saturated carbocycles. The molecule has 0 N–H and O–H groups in total. The van der Waals surface area contributed by atoms with Gasteiger partial charge in [-0.1, -0.05) is 0 Å². The third-order valence-corrected chi connectivity index (χ3v) is 1.45. The quantitative estimate of drug-likeness (QED) is 0.522. The fourth-order valence-electron chi connectivity index (χ4n) is 0.831. The summed E-state index contributed by atoms with van der Waals surface area (Å²) in [6.07, 6.45) is 2.39. The van der Waals surface area contributed by atoms with Crippen molar-refractivity contribution in [3.63, 3.8) is 0 Å². The van der Waals surface area contributed by atoms with Crippen molar-refractivity contribution in [3.05, 3.63) is 0 Å². The van der Waals surface area contributed by atoms with Gasteiger partial charge in [0.1, 0.15) is 5.78 Å². The standard InChI is InChI=1S/C9H18O3/c1-9(10)5-3-7-12-8-4-6-11-2/h3-8H2,1-2H3. The Hall–Kier alpha value is -0.410. The predicted octanol–water partition coefficient (Wildman–Crippen LogP) is 1.41. The number of rotatable bonds is 8. The molecule has 12 heavy (non-hydrogen) atoms. The van der Waals surface area contributed by atoms with Crippen molar-refractivity contribution in [2.24, 2.45) is 0 Å². The molecule has 0 amide bonds. The van der Waals surface area contributed by atoms with Gasteiger partial charge in [0.05, 0.1) is 0 Å². The summed E-state index contributed by atoms with van der Waals surface area (Å²) in [5.41, 5.74) is 0. The van der Waals surface area contributed by atoms with E-state index >= 15 is 0 Å². The van der Waals surface area contributed by atoms with E-state index in [1.165, 1.54) is 0 Å². The molecule has 0 aromatic carbocycles. The molecule has 3 heteroatoms. The molecule has 0 aliphatic carbocycles. The zero-order valence-electron chi connectivity index (χ0n) is 7.97. The molecule has 0 spiro atoms. The van der Waals surface area contributed by atoms with E-state index in [-0.39, 0.29) is 5.78 Å². The van der Waals surface area contributed by atoms with Crippen LogP contribution in [0.2, 0.25) is 0 Å². The van der Waals surface area contributed by atoms with Crippen LogP contribution in [0.1, 0.15) is 26.2 Å². The number of carbonyl (C=O) groups is 1. The molecule has 0 atom stereocenters.